The molecule has 0 spiro atoms. The van der Waals surface area contributed by atoms with Gasteiger partial charge in [-0.15, -0.1) is 0 Å². The van der Waals surface area contributed by atoms with E-state index in [2.05, 4.69) is 45.4 Å². The summed E-state index contributed by atoms with van der Waals surface area (Å²) in [7, 11) is 2.07. The average molecular weight is 262 g/mol. The van der Waals surface area contributed by atoms with Crippen molar-refractivity contribution >= 4 is 22.1 Å². The van der Waals surface area contributed by atoms with Gasteiger partial charge in [-0.05, 0) is 12.1 Å². The number of nitrogens with zero attached hydrogens (tertiary/aromatic N) is 3. The van der Waals surface area contributed by atoms with Gasteiger partial charge in [0.15, 0.2) is 5.52 Å². The Balaban J connectivity index is 1.97. The molecule has 0 fully saturated rings. The number of oxazole rings is 1. The highest BCUT2D eigenvalue weighted by Crippen LogP contribution is 2.34. The Hall–Kier alpha value is -2.62. The minimum Gasteiger partial charge on any atom is -0.413 e. The molecule has 20 heavy (non-hydrogen) atoms. The first-order valence-electron chi connectivity index (χ1n) is 6.67. The molecule has 1 aliphatic heterocycles. The molecular weight excluding hydrogens is 250 g/mol. The van der Waals surface area contributed by atoms with Crippen LogP contribution in [0.15, 0.2) is 47.1 Å². The van der Waals surface area contributed by atoms with Gasteiger partial charge in [0.1, 0.15) is 6.54 Å². The molecule has 4 aromatic rings. The zero-order chi connectivity index (χ0) is 13.3. The van der Waals surface area contributed by atoms with Crippen molar-refractivity contribution < 1.29 is 8.98 Å². The van der Waals surface area contributed by atoms with Gasteiger partial charge < -0.3 is 4.42 Å². The SMILES string of the molecule is Cn1c2cnccc2c2oc3[n+](c21)Cc1ccccc1-3. The van der Waals surface area contributed by atoms with Gasteiger partial charge >= 0.3 is 5.65 Å². The number of aromatic nitrogens is 3. The van der Waals surface area contributed by atoms with Crippen LogP contribution in [-0.4, -0.2) is 9.55 Å². The van der Waals surface area contributed by atoms with E-state index in [1.54, 1.807) is 0 Å². The minimum atomic E-state index is 0.871. The second kappa shape index (κ2) is 3.28. The van der Waals surface area contributed by atoms with Crippen LogP contribution < -0.4 is 4.57 Å². The van der Waals surface area contributed by atoms with Gasteiger partial charge in [0.05, 0.1) is 24.2 Å². The first kappa shape index (κ1) is 10.2. The van der Waals surface area contributed by atoms with Crippen molar-refractivity contribution in [3.05, 3.63) is 48.3 Å². The Labute approximate surface area is 114 Å². The average Bonchev–Trinajstić information content (AvgIpc) is 3.09. The quantitative estimate of drug-likeness (QED) is 0.402. The van der Waals surface area contributed by atoms with Crippen molar-refractivity contribution in [2.45, 2.75) is 6.54 Å². The molecule has 0 aliphatic carbocycles. The third-order valence-electron chi connectivity index (χ3n) is 4.20. The van der Waals surface area contributed by atoms with Crippen LogP contribution in [-0.2, 0) is 13.6 Å². The third kappa shape index (κ3) is 1.04. The molecule has 0 saturated heterocycles. The monoisotopic (exact) mass is 262 g/mol. The van der Waals surface area contributed by atoms with E-state index in [0.717, 1.165) is 34.6 Å². The van der Waals surface area contributed by atoms with Gasteiger partial charge in [0.25, 0.3) is 5.89 Å². The molecule has 0 N–H and O–H groups in total. The van der Waals surface area contributed by atoms with Gasteiger partial charge in [0.2, 0.25) is 5.58 Å². The first-order chi connectivity index (χ1) is 9.84. The maximum absolute atomic E-state index is 6.19. The zero-order valence-electron chi connectivity index (χ0n) is 11.0. The van der Waals surface area contributed by atoms with E-state index in [9.17, 15) is 0 Å². The van der Waals surface area contributed by atoms with E-state index in [0.29, 0.717) is 0 Å². The lowest BCUT2D eigenvalue weighted by atomic mass is 10.1. The molecule has 4 heteroatoms. The molecule has 4 nitrogen and oxygen atoms in total. The van der Waals surface area contributed by atoms with Gasteiger partial charge in [-0.2, -0.15) is 4.57 Å². The fraction of sp³-hybridized carbons (Fsp3) is 0.125. The summed E-state index contributed by atoms with van der Waals surface area (Å²) in [5, 5.41) is 1.12. The van der Waals surface area contributed by atoms with Crippen molar-refractivity contribution in [3.8, 4) is 11.5 Å². The van der Waals surface area contributed by atoms with Crippen LogP contribution in [0.2, 0.25) is 0 Å². The van der Waals surface area contributed by atoms with Gasteiger partial charge in [-0.25, -0.2) is 4.57 Å². The van der Waals surface area contributed by atoms with Crippen molar-refractivity contribution in [2.75, 3.05) is 0 Å². The van der Waals surface area contributed by atoms with Crippen LogP contribution >= 0.6 is 0 Å². The van der Waals surface area contributed by atoms with Crippen molar-refractivity contribution in [2.24, 2.45) is 7.05 Å². The van der Waals surface area contributed by atoms with Crippen molar-refractivity contribution in [3.63, 3.8) is 0 Å². The lowest BCUT2D eigenvalue weighted by molar-refractivity contribution is -0.652. The summed E-state index contributed by atoms with van der Waals surface area (Å²) < 4.78 is 10.6. The summed E-state index contributed by atoms with van der Waals surface area (Å²) in [6.07, 6.45) is 3.70. The standard InChI is InChI=1S/C16H12N3O/c1-18-13-8-17-7-6-12(13)14-15(18)19-9-10-4-2-3-5-11(10)16(19)20-14/h2-8H,9H2,1H3/q+1. The Morgan fingerprint density at radius 3 is 3.10 bits per heavy atom. The highest BCUT2D eigenvalue weighted by Gasteiger charge is 2.33. The molecule has 0 amide bonds. The molecule has 3 aromatic heterocycles. The molecule has 0 bridgehead atoms. The Kier molecular flexibility index (Phi) is 1.67. The number of aryl methyl sites for hydroxylation is 1. The van der Waals surface area contributed by atoms with Crippen LogP contribution in [0.3, 0.4) is 0 Å². The van der Waals surface area contributed by atoms with E-state index >= 15 is 0 Å². The molecule has 4 heterocycles. The highest BCUT2D eigenvalue weighted by molar-refractivity contribution is 6.02. The summed E-state index contributed by atoms with van der Waals surface area (Å²) in [5.74, 6) is 0.958. The fourth-order valence-corrected chi connectivity index (χ4v) is 3.27. The Bertz CT molecular complexity index is 994. The molecule has 0 atom stereocenters. The molecule has 5 rings (SSSR count). The van der Waals surface area contributed by atoms with E-state index in [1.807, 2.05) is 18.5 Å². The number of benzene rings is 1. The Morgan fingerprint density at radius 1 is 1.25 bits per heavy atom. The summed E-state index contributed by atoms with van der Waals surface area (Å²) >= 11 is 0. The normalized spacial score (nSPS) is 13.1. The minimum absolute atomic E-state index is 0.871. The van der Waals surface area contributed by atoms with Crippen LogP contribution in [0.25, 0.3) is 33.6 Å². The second-order valence-corrected chi connectivity index (χ2v) is 5.26. The molecule has 1 aliphatic rings. The maximum Gasteiger partial charge on any atom is 0.329 e. The van der Waals surface area contributed by atoms with Crippen LogP contribution in [0.4, 0.5) is 0 Å². The Morgan fingerprint density at radius 2 is 2.15 bits per heavy atom. The summed E-state index contributed by atoms with van der Waals surface area (Å²) in [4.78, 5) is 4.21. The number of fused-ring (bicyclic) bond motifs is 7. The third-order valence-corrected chi connectivity index (χ3v) is 4.20. The van der Waals surface area contributed by atoms with E-state index in [4.69, 9.17) is 4.42 Å². The van der Waals surface area contributed by atoms with Crippen LogP contribution in [0, 0.1) is 0 Å². The molecule has 0 unspecified atom stereocenters. The maximum atomic E-state index is 6.19. The molecular formula is C16H12N3O+. The number of hydrogen-bond acceptors (Lipinski definition) is 2. The zero-order valence-corrected chi connectivity index (χ0v) is 11.0. The van der Waals surface area contributed by atoms with Crippen molar-refractivity contribution in [1.82, 2.24) is 9.55 Å². The lowest BCUT2D eigenvalue weighted by Gasteiger charge is -1.91. The number of hydrogen-bond donors (Lipinski definition) is 0. The predicted octanol–water partition coefficient (Wildman–Crippen LogP) is 2.64. The highest BCUT2D eigenvalue weighted by atomic mass is 16.4. The van der Waals surface area contributed by atoms with E-state index in [1.165, 1.54) is 11.1 Å². The summed E-state index contributed by atoms with van der Waals surface area (Å²) in [5.41, 5.74) is 5.70. The molecule has 0 radical (unpaired) electrons. The van der Waals surface area contributed by atoms with Crippen molar-refractivity contribution in [1.29, 1.82) is 0 Å². The second-order valence-electron chi connectivity index (χ2n) is 5.26. The lowest BCUT2D eigenvalue weighted by Crippen LogP contribution is -2.32. The molecule has 96 valence electrons. The predicted molar refractivity (Wildman–Crippen MR) is 75.2 cm³/mol. The van der Waals surface area contributed by atoms with Crippen LogP contribution in [0.5, 0.6) is 0 Å². The summed E-state index contributed by atoms with van der Waals surface area (Å²) in [6.45, 7) is 0.871. The largest absolute Gasteiger partial charge is 0.413 e. The van der Waals surface area contributed by atoms with E-state index < -0.39 is 0 Å². The van der Waals surface area contributed by atoms with Gasteiger partial charge in [-0.1, -0.05) is 18.2 Å². The van der Waals surface area contributed by atoms with Gasteiger partial charge in [0, 0.05) is 11.8 Å². The number of pyridine rings is 1. The first-order valence-corrected chi connectivity index (χ1v) is 6.67. The topological polar surface area (TPSA) is 34.8 Å². The molecule has 1 aromatic carbocycles. The van der Waals surface area contributed by atoms with Gasteiger partial charge in [-0.3, -0.25) is 4.98 Å². The van der Waals surface area contributed by atoms with Crippen LogP contribution in [0.1, 0.15) is 5.56 Å². The summed E-state index contributed by atoms with van der Waals surface area (Å²) in [6, 6.07) is 10.4. The molecule has 0 saturated carbocycles. The fourth-order valence-electron chi connectivity index (χ4n) is 3.27. The van der Waals surface area contributed by atoms with E-state index in [-0.39, 0.29) is 0 Å². The number of rotatable bonds is 0. The smallest absolute Gasteiger partial charge is 0.329 e.